The number of hydrogen-bond acceptors (Lipinski definition) is 4. The molecule has 0 bridgehead atoms. The van der Waals surface area contributed by atoms with Crippen LogP contribution >= 0.6 is 0 Å². The first-order chi connectivity index (χ1) is 15.0. The van der Waals surface area contributed by atoms with Gasteiger partial charge in [-0.25, -0.2) is 8.42 Å². The van der Waals surface area contributed by atoms with E-state index in [9.17, 15) is 18.0 Å². The van der Waals surface area contributed by atoms with Crippen LogP contribution in [0.4, 0.5) is 5.69 Å². The van der Waals surface area contributed by atoms with Gasteiger partial charge in [0.25, 0.3) is 0 Å². The number of carbonyl (C=O) groups is 2. The van der Waals surface area contributed by atoms with Gasteiger partial charge in [-0.15, -0.1) is 0 Å². The van der Waals surface area contributed by atoms with Crippen LogP contribution in [0.25, 0.3) is 0 Å². The van der Waals surface area contributed by atoms with Crippen molar-refractivity contribution in [1.29, 1.82) is 0 Å². The molecule has 1 heterocycles. The summed E-state index contributed by atoms with van der Waals surface area (Å²) in [5.74, 6) is -0.408. The monoisotopic (exact) mass is 457 g/mol. The van der Waals surface area contributed by atoms with Crippen molar-refractivity contribution in [3.8, 4) is 0 Å². The Kier molecular flexibility index (Phi) is 7.05. The molecule has 32 heavy (non-hydrogen) atoms. The second-order valence-electron chi connectivity index (χ2n) is 8.78. The molecule has 2 aromatic carbocycles. The molecule has 0 aliphatic carbocycles. The van der Waals surface area contributed by atoms with Crippen LogP contribution in [0.15, 0.2) is 53.4 Å². The molecule has 3 rings (SSSR count). The zero-order valence-corrected chi connectivity index (χ0v) is 19.8. The number of fused-ring (bicyclic) bond motifs is 1. The molecule has 2 amide bonds. The molecule has 2 aromatic rings. The van der Waals surface area contributed by atoms with Gasteiger partial charge in [0.05, 0.1) is 10.9 Å². The summed E-state index contributed by atoms with van der Waals surface area (Å²) in [6, 6.07) is 13.2. The van der Waals surface area contributed by atoms with Crippen molar-refractivity contribution >= 4 is 27.5 Å². The van der Waals surface area contributed by atoms with Crippen molar-refractivity contribution in [3.63, 3.8) is 0 Å². The second-order valence-corrected chi connectivity index (χ2v) is 10.7. The number of anilines is 1. The van der Waals surface area contributed by atoms with E-state index in [1.165, 1.54) is 23.4 Å². The Hall–Kier alpha value is -2.71. The number of amides is 2. The molecule has 0 fully saturated rings. The van der Waals surface area contributed by atoms with Gasteiger partial charge >= 0.3 is 0 Å². The van der Waals surface area contributed by atoms with Gasteiger partial charge in [-0.3, -0.25) is 9.59 Å². The summed E-state index contributed by atoms with van der Waals surface area (Å²) in [4.78, 5) is 24.3. The molecule has 172 valence electrons. The largest absolute Gasteiger partial charge is 0.351 e. The smallest absolute Gasteiger partial charge is 0.243 e. The Balaban J connectivity index is 1.94. The Morgan fingerprint density at radius 2 is 1.75 bits per heavy atom. The molecular weight excluding hydrogens is 426 g/mol. The van der Waals surface area contributed by atoms with Crippen molar-refractivity contribution in [2.45, 2.75) is 63.4 Å². The van der Waals surface area contributed by atoms with Crippen molar-refractivity contribution in [3.05, 3.63) is 59.7 Å². The fraction of sp³-hybridized carbons (Fsp3) is 0.417. The number of sulfonamides is 1. The zero-order valence-electron chi connectivity index (χ0n) is 19.0. The molecule has 0 saturated heterocycles. The summed E-state index contributed by atoms with van der Waals surface area (Å²) in [5.41, 5.74) is 2.08. The fourth-order valence-corrected chi connectivity index (χ4v) is 5.47. The van der Waals surface area contributed by atoms with Crippen molar-refractivity contribution in [1.82, 2.24) is 9.62 Å². The highest BCUT2D eigenvalue weighted by atomic mass is 32.2. The summed E-state index contributed by atoms with van der Waals surface area (Å²) >= 11 is 0. The third-order valence-corrected chi connectivity index (χ3v) is 7.81. The molecule has 1 atom stereocenters. The van der Waals surface area contributed by atoms with Gasteiger partial charge in [0, 0.05) is 31.1 Å². The maximum absolute atomic E-state index is 13.6. The molecule has 2 N–H and O–H groups in total. The minimum absolute atomic E-state index is 0.0453. The summed E-state index contributed by atoms with van der Waals surface area (Å²) in [6.07, 6.45) is 1.39. The van der Waals surface area contributed by atoms with E-state index in [2.05, 4.69) is 10.6 Å². The summed E-state index contributed by atoms with van der Waals surface area (Å²) < 4.78 is 28.6. The number of nitrogens with zero attached hydrogens (tertiary/aromatic N) is 1. The average molecular weight is 458 g/mol. The fourth-order valence-electron chi connectivity index (χ4n) is 3.87. The number of benzene rings is 2. The second kappa shape index (κ2) is 9.42. The number of nitrogens with one attached hydrogen (secondary N) is 2. The summed E-state index contributed by atoms with van der Waals surface area (Å²) in [7, 11) is -3.85. The van der Waals surface area contributed by atoms with E-state index in [0.29, 0.717) is 18.7 Å². The molecule has 0 unspecified atom stereocenters. The van der Waals surface area contributed by atoms with Gasteiger partial charge < -0.3 is 10.6 Å². The summed E-state index contributed by atoms with van der Waals surface area (Å²) in [5, 5.41) is 5.66. The van der Waals surface area contributed by atoms with E-state index in [1.54, 1.807) is 12.1 Å². The van der Waals surface area contributed by atoms with Gasteiger partial charge in [0.15, 0.2) is 0 Å². The number of rotatable bonds is 7. The van der Waals surface area contributed by atoms with Crippen LogP contribution in [-0.4, -0.2) is 36.6 Å². The van der Waals surface area contributed by atoms with E-state index in [4.69, 9.17) is 0 Å². The third kappa shape index (κ3) is 5.37. The SMILES string of the molecule is CCC(C)(C)NC(=O)C[C@@H]1c2ccccc2CCN1S(=O)(=O)c1ccc(NC(C)=O)cc1. The van der Waals surface area contributed by atoms with Gasteiger partial charge in [0.2, 0.25) is 21.8 Å². The van der Waals surface area contributed by atoms with E-state index in [-0.39, 0.29) is 28.7 Å². The van der Waals surface area contributed by atoms with E-state index < -0.39 is 16.1 Å². The van der Waals surface area contributed by atoms with Crippen LogP contribution in [0, 0.1) is 0 Å². The van der Waals surface area contributed by atoms with Crippen LogP contribution < -0.4 is 10.6 Å². The lowest BCUT2D eigenvalue weighted by atomic mass is 9.92. The highest BCUT2D eigenvalue weighted by Crippen LogP contribution is 2.36. The predicted molar refractivity (Wildman–Crippen MR) is 125 cm³/mol. The quantitative estimate of drug-likeness (QED) is 0.664. The maximum Gasteiger partial charge on any atom is 0.243 e. The van der Waals surface area contributed by atoms with Crippen LogP contribution in [-0.2, 0) is 26.0 Å². The van der Waals surface area contributed by atoms with Gasteiger partial charge in [-0.2, -0.15) is 4.31 Å². The lowest BCUT2D eigenvalue weighted by molar-refractivity contribution is -0.123. The average Bonchev–Trinajstić information content (AvgIpc) is 2.73. The Bertz CT molecular complexity index is 1090. The highest BCUT2D eigenvalue weighted by molar-refractivity contribution is 7.89. The lowest BCUT2D eigenvalue weighted by Gasteiger charge is -2.37. The molecule has 0 saturated carbocycles. The highest BCUT2D eigenvalue weighted by Gasteiger charge is 2.38. The topological polar surface area (TPSA) is 95.6 Å². The predicted octanol–water partition coefficient (Wildman–Crippen LogP) is 3.63. The van der Waals surface area contributed by atoms with E-state index in [1.807, 2.05) is 45.0 Å². The first-order valence-corrected chi connectivity index (χ1v) is 12.3. The standard InChI is InChI=1S/C24H31N3O4S/c1-5-24(3,4)26-23(29)16-22-21-9-7-6-8-18(21)14-15-27(22)32(30,31)20-12-10-19(11-13-20)25-17(2)28/h6-13,22H,5,14-16H2,1-4H3,(H,25,28)(H,26,29)/t22-/m1/s1. The summed E-state index contributed by atoms with van der Waals surface area (Å²) in [6.45, 7) is 7.58. The maximum atomic E-state index is 13.6. The van der Waals surface area contributed by atoms with Crippen molar-refractivity contribution in [2.24, 2.45) is 0 Å². The first kappa shape index (κ1) is 23.9. The minimum atomic E-state index is -3.85. The Morgan fingerprint density at radius 1 is 1.09 bits per heavy atom. The van der Waals surface area contributed by atoms with Crippen LogP contribution in [0.5, 0.6) is 0 Å². The first-order valence-electron chi connectivity index (χ1n) is 10.8. The van der Waals surface area contributed by atoms with E-state index >= 15 is 0 Å². The Morgan fingerprint density at radius 3 is 2.38 bits per heavy atom. The molecule has 0 aromatic heterocycles. The minimum Gasteiger partial charge on any atom is -0.351 e. The normalized spacial score (nSPS) is 16.8. The van der Waals surface area contributed by atoms with Crippen molar-refractivity contribution < 1.29 is 18.0 Å². The molecule has 0 radical (unpaired) electrons. The zero-order chi connectivity index (χ0) is 23.5. The molecule has 0 spiro atoms. The van der Waals surface area contributed by atoms with Gasteiger partial charge in [0.1, 0.15) is 0 Å². The van der Waals surface area contributed by atoms with Gasteiger partial charge in [-0.1, -0.05) is 31.2 Å². The molecular formula is C24H31N3O4S. The Labute approximate surface area is 190 Å². The molecule has 1 aliphatic heterocycles. The van der Waals surface area contributed by atoms with Crippen LogP contribution in [0.1, 0.15) is 57.7 Å². The number of carbonyl (C=O) groups excluding carboxylic acids is 2. The number of hydrogen-bond donors (Lipinski definition) is 2. The molecule has 1 aliphatic rings. The van der Waals surface area contributed by atoms with E-state index in [0.717, 1.165) is 17.5 Å². The molecule has 7 nitrogen and oxygen atoms in total. The van der Waals surface area contributed by atoms with Gasteiger partial charge in [-0.05, 0) is 62.1 Å². The molecule has 8 heteroatoms. The third-order valence-electron chi connectivity index (χ3n) is 5.88. The van der Waals surface area contributed by atoms with Crippen LogP contribution in [0.2, 0.25) is 0 Å². The lowest BCUT2D eigenvalue weighted by Crippen LogP contribution is -2.46. The van der Waals surface area contributed by atoms with Crippen molar-refractivity contribution in [2.75, 3.05) is 11.9 Å². The van der Waals surface area contributed by atoms with Crippen LogP contribution in [0.3, 0.4) is 0 Å².